The maximum absolute atomic E-state index is 12.9. The fourth-order valence-corrected chi connectivity index (χ4v) is 3.12. The number of nitrogens with zero attached hydrogens (tertiary/aromatic N) is 6. The molecule has 1 aromatic carbocycles. The van der Waals surface area contributed by atoms with Gasteiger partial charge >= 0.3 is 0 Å². The third-order valence-electron chi connectivity index (χ3n) is 4.53. The van der Waals surface area contributed by atoms with E-state index in [9.17, 15) is 4.79 Å². The van der Waals surface area contributed by atoms with E-state index in [4.69, 9.17) is 0 Å². The first-order valence-electron chi connectivity index (χ1n) is 8.43. The van der Waals surface area contributed by atoms with Crippen molar-refractivity contribution in [2.24, 2.45) is 0 Å². The Bertz CT molecular complexity index is 866. The lowest BCUT2D eigenvalue weighted by molar-refractivity contribution is 0.0745. The number of carbonyl (C=O) groups is 1. The highest BCUT2D eigenvalue weighted by molar-refractivity contribution is 5.94. The normalized spacial score (nSPS) is 14.2. The van der Waals surface area contributed by atoms with Crippen molar-refractivity contribution < 1.29 is 4.79 Å². The van der Waals surface area contributed by atoms with E-state index in [0.29, 0.717) is 13.1 Å². The zero-order valence-electron chi connectivity index (χ0n) is 14.2. The molecule has 1 aliphatic heterocycles. The Morgan fingerprint density at radius 2 is 2.04 bits per heavy atom. The molecule has 0 bridgehead atoms. The Balaban J connectivity index is 1.58. The van der Waals surface area contributed by atoms with E-state index in [1.807, 2.05) is 51.5 Å². The molecule has 0 atom stereocenters. The van der Waals surface area contributed by atoms with E-state index in [2.05, 4.69) is 15.3 Å². The van der Waals surface area contributed by atoms with Crippen LogP contribution in [0.1, 0.15) is 33.7 Å². The van der Waals surface area contributed by atoms with Crippen LogP contribution in [0.25, 0.3) is 0 Å². The van der Waals surface area contributed by atoms with E-state index in [0.717, 1.165) is 42.0 Å². The van der Waals surface area contributed by atoms with E-state index in [-0.39, 0.29) is 5.91 Å². The Labute approximate surface area is 145 Å². The maximum atomic E-state index is 12.9. The number of fused-ring (bicyclic) bond motifs is 1. The summed E-state index contributed by atoms with van der Waals surface area (Å²) in [6.07, 6.45) is 6.28. The summed E-state index contributed by atoms with van der Waals surface area (Å²) >= 11 is 0. The van der Waals surface area contributed by atoms with Gasteiger partial charge in [-0.05, 0) is 25.5 Å². The summed E-state index contributed by atoms with van der Waals surface area (Å²) in [5, 5.41) is 8.59. The molecule has 0 fully saturated rings. The second-order valence-corrected chi connectivity index (χ2v) is 6.39. The zero-order valence-corrected chi connectivity index (χ0v) is 14.2. The first-order chi connectivity index (χ1) is 12.2. The van der Waals surface area contributed by atoms with Crippen molar-refractivity contribution in [3.8, 4) is 0 Å². The number of imidazole rings is 1. The first-order valence-corrected chi connectivity index (χ1v) is 8.43. The lowest BCUT2D eigenvalue weighted by Crippen LogP contribution is -2.31. The van der Waals surface area contributed by atoms with E-state index < -0.39 is 0 Å². The summed E-state index contributed by atoms with van der Waals surface area (Å²) in [5.41, 5.74) is 3.77. The summed E-state index contributed by atoms with van der Waals surface area (Å²) in [4.78, 5) is 18.8. The van der Waals surface area contributed by atoms with Crippen molar-refractivity contribution in [2.75, 3.05) is 6.54 Å². The fourth-order valence-electron chi connectivity index (χ4n) is 3.12. The summed E-state index contributed by atoms with van der Waals surface area (Å²) in [5.74, 6) is 0.0585. The number of rotatable bonds is 3. The molecule has 0 aliphatic carbocycles. The third-order valence-corrected chi connectivity index (χ3v) is 4.53. The Hall–Kier alpha value is -2.96. The quantitative estimate of drug-likeness (QED) is 0.732. The molecule has 0 saturated heterocycles. The summed E-state index contributed by atoms with van der Waals surface area (Å²) in [6.45, 7) is 4.67. The molecule has 7 nitrogen and oxygen atoms in total. The van der Waals surface area contributed by atoms with Crippen LogP contribution in [0.15, 0.2) is 43.0 Å². The monoisotopic (exact) mass is 336 g/mol. The second kappa shape index (κ2) is 6.51. The van der Waals surface area contributed by atoms with Crippen LogP contribution in [0, 0.1) is 6.92 Å². The average Bonchev–Trinajstić information content (AvgIpc) is 3.20. The second-order valence-electron chi connectivity index (χ2n) is 6.39. The van der Waals surface area contributed by atoms with Gasteiger partial charge in [-0.25, -0.2) is 9.67 Å². The van der Waals surface area contributed by atoms with Crippen LogP contribution >= 0.6 is 0 Å². The Morgan fingerprint density at radius 3 is 2.80 bits per heavy atom. The van der Waals surface area contributed by atoms with Gasteiger partial charge in [0.15, 0.2) is 0 Å². The van der Waals surface area contributed by atoms with Crippen molar-refractivity contribution in [2.45, 2.75) is 33.0 Å². The average molecular weight is 336 g/mol. The largest absolute Gasteiger partial charge is 0.333 e. The van der Waals surface area contributed by atoms with Crippen molar-refractivity contribution in [3.63, 3.8) is 0 Å². The molecule has 0 radical (unpaired) electrons. The topological polar surface area (TPSA) is 68.8 Å². The van der Waals surface area contributed by atoms with E-state index in [1.54, 1.807) is 12.5 Å². The molecule has 25 heavy (non-hydrogen) atoms. The number of hydrogen-bond donors (Lipinski definition) is 0. The molecule has 3 aromatic rings. The van der Waals surface area contributed by atoms with Gasteiger partial charge in [0.2, 0.25) is 0 Å². The minimum Gasteiger partial charge on any atom is -0.333 e. The van der Waals surface area contributed by atoms with Gasteiger partial charge in [-0.3, -0.25) is 4.79 Å². The SMILES string of the molecule is Cc1ccc(C(=O)N2CCCn3nnc(Cn4ccnc4)c3C2)cc1. The third kappa shape index (κ3) is 3.17. The molecule has 4 rings (SSSR count). The Morgan fingerprint density at radius 1 is 1.20 bits per heavy atom. The fraction of sp³-hybridized carbons (Fsp3) is 0.333. The van der Waals surface area contributed by atoms with E-state index in [1.165, 1.54) is 0 Å². The number of hydrogen-bond acceptors (Lipinski definition) is 4. The molecule has 0 saturated carbocycles. The molecule has 0 unspecified atom stereocenters. The summed E-state index contributed by atoms with van der Waals surface area (Å²) in [6, 6.07) is 7.73. The standard InChI is InChI=1S/C18H20N6O/c1-14-3-5-15(6-4-14)18(25)23-8-2-9-24-17(12-23)16(20-21-24)11-22-10-7-19-13-22/h3-7,10,13H,2,8-9,11-12H2,1H3. The maximum Gasteiger partial charge on any atom is 0.254 e. The molecule has 0 N–H and O–H groups in total. The number of aromatic nitrogens is 5. The smallest absolute Gasteiger partial charge is 0.254 e. The van der Waals surface area contributed by atoms with Gasteiger partial charge in [-0.15, -0.1) is 5.10 Å². The van der Waals surface area contributed by atoms with Gasteiger partial charge in [-0.2, -0.15) is 0 Å². The first kappa shape index (κ1) is 15.6. The van der Waals surface area contributed by atoms with Gasteiger partial charge in [0, 0.05) is 31.0 Å². The molecule has 0 spiro atoms. The van der Waals surface area contributed by atoms with Gasteiger partial charge in [0.1, 0.15) is 5.69 Å². The Kier molecular flexibility index (Phi) is 4.05. The molecule has 2 aromatic heterocycles. The van der Waals surface area contributed by atoms with Crippen LogP contribution in [-0.2, 0) is 19.6 Å². The number of benzene rings is 1. The van der Waals surface area contributed by atoms with Crippen LogP contribution < -0.4 is 0 Å². The molecule has 128 valence electrons. The highest BCUT2D eigenvalue weighted by Crippen LogP contribution is 2.18. The number of aryl methyl sites for hydroxylation is 2. The van der Waals surface area contributed by atoms with E-state index >= 15 is 0 Å². The van der Waals surface area contributed by atoms with Crippen molar-refractivity contribution >= 4 is 5.91 Å². The van der Waals surface area contributed by atoms with Gasteiger partial charge in [0.05, 0.1) is 25.1 Å². The lowest BCUT2D eigenvalue weighted by atomic mass is 10.1. The summed E-state index contributed by atoms with van der Waals surface area (Å²) < 4.78 is 3.89. The zero-order chi connectivity index (χ0) is 17.2. The van der Waals surface area contributed by atoms with Crippen LogP contribution in [0.4, 0.5) is 0 Å². The van der Waals surface area contributed by atoms with Gasteiger partial charge in [0.25, 0.3) is 5.91 Å². The highest BCUT2D eigenvalue weighted by Gasteiger charge is 2.24. The molecular formula is C18H20N6O. The number of amides is 1. The lowest BCUT2D eigenvalue weighted by Gasteiger charge is -2.20. The predicted octanol–water partition coefficient (Wildman–Crippen LogP) is 1.88. The van der Waals surface area contributed by atoms with Crippen LogP contribution in [-0.4, -0.2) is 41.9 Å². The molecule has 3 heterocycles. The molecule has 1 amide bonds. The number of carbonyl (C=O) groups excluding carboxylic acids is 1. The minimum atomic E-state index is 0.0585. The molecular weight excluding hydrogens is 316 g/mol. The minimum absolute atomic E-state index is 0.0585. The van der Waals surface area contributed by atoms with Crippen molar-refractivity contribution in [1.29, 1.82) is 0 Å². The molecule has 7 heteroatoms. The van der Waals surface area contributed by atoms with Crippen LogP contribution in [0.5, 0.6) is 0 Å². The van der Waals surface area contributed by atoms with Crippen molar-refractivity contribution in [3.05, 3.63) is 65.5 Å². The van der Waals surface area contributed by atoms with Gasteiger partial charge < -0.3 is 9.47 Å². The van der Waals surface area contributed by atoms with Crippen molar-refractivity contribution in [1.82, 2.24) is 29.4 Å². The van der Waals surface area contributed by atoms with Crippen LogP contribution in [0.3, 0.4) is 0 Å². The summed E-state index contributed by atoms with van der Waals surface area (Å²) in [7, 11) is 0. The van der Waals surface area contributed by atoms with Crippen LogP contribution in [0.2, 0.25) is 0 Å². The predicted molar refractivity (Wildman–Crippen MR) is 91.9 cm³/mol. The molecule has 1 aliphatic rings. The highest BCUT2D eigenvalue weighted by atomic mass is 16.2. The van der Waals surface area contributed by atoms with Gasteiger partial charge in [-0.1, -0.05) is 22.9 Å².